The zero-order chi connectivity index (χ0) is 23.8. The van der Waals surface area contributed by atoms with E-state index in [-0.39, 0.29) is 5.69 Å². The van der Waals surface area contributed by atoms with Gasteiger partial charge in [-0.25, -0.2) is 0 Å². The molecule has 1 heterocycles. The van der Waals surface area contributed by atoms with Gasteiger partial charge < -0.3 is 19.5 Å². The number of nitrogens with zero attached hydrogens (tertiary/aromatic N) is 1. The number of hydrogen-bond acceptors (Lipinski definition) is 5. The van der Waals surface area contributed by atoms with Gasteiger partial charge in [0, 0.05) is 16.9 Å². The number of methoxy groups -OCH3 is 3. The van der Waals surface area contributed by atoms with Gasteiger partial charge in [0.2, 0.25) is 5.75 Å². The summed E-state index contributed by atoms with van der Waals surface area (Å²) in [6.07, 6.45) is -5.44. The van der Waals surface area contributed by atoms with Gasteiger partial charge >= 0.3 is 6.18 Å². The van der Waals surface area contributed by atoms with Crippen molar-refractivity contribution in [2.45, 2.75) is 12.3 Å². The maximum Gasteiger partial charge on any atom is 0.416 e. The number of hydrogen-bond donors (Lipinski definition) is 1. The number of para-hydroxylation sites is 1. The Bertz CT molecular complexity index is 1200. The zero-order valence-corrected chi connectivity index (χ0v) is 18.1. The standard InChI is InChI=1S/C24H21F3N2O4/c1-31-19-12-11-17(20(32-2)21(19)33-3)22-28-18-10-5-4-9-16(18)23(30)29(22)15-8-6-7-14(13-15)24(25,26)27/h4-13,22,28H,1-3H3. The van der Waals surface area contributed by atoms with Crippen molar-refractivity contribution in [3.8, 4) is 17.2 Å². The summed E-state index contributed by atoms with van der Waals surface area (Å²) in [5.74, 6) is 0.546. The van der Waals surface area contributed by atoms with Gasteiger partial charge in [-0.3, -0.25) is 9.69 Å². The maximum absolute atomic E-state index is 13.5. The van der Waals surface area contributed by atoms with Crippen molar-refractivity contribution in [2.24, 2.45) is 0 Å². The molecule has 0 saturated heterocycles. The number of halogens is 3. The number of alkyl halides is 3. The highest BCUT2D eigenvalue weighted by molar-refractivity contribution is 6.12. The molecule has 0 spiro atoms. The van der Waals surface area contributed by atoms with Crippen LogP contribution < -0.4 is 24.4 Å². The molecule has 3 aromatic rings. The number of amides is 1. The predicted octanol–water partition coefficient (Wildman–Crippen LogP) is 5.50. The third-order valence-corrected chi connectivity index (χ3v) is 5.41. The molecule has 1 N–H and O–H groups in total. The van der Waals surface area contributed by atoms with Gasteiger partial charge in [0.15, 0.2) is 11.5 Å². The molecular weight excluding hydrogens is 437 g/mol. The SMILES string of the molecule is COc1ccc(C2Nc3ccccc3C(=O)N2c2cccc(C(F)(F)F)c2)c(OC)c1OC. The summed E-state index contributed by atoms with van der Waals surface area (Å²) in [7, 11) is 4.36. The van der Waals surface area contributed by atoms with Crippen molar-refractivity contribution < 1.29 is 32.2 Å². The number of carbonyl (C=O) groups is 1. The minimum absolute atomic E-state index is 0.0821. The van der Waals surface area contributed by atoms with Gasteiger partial charge in [-0.05, 0) is 42.5 Å². The van der Waals surface area contributed by atoms with E-state index in [1.807, 2.05) is 0 Å². The second kappa shape index (κ2) is 8.57. The quantitative estimate of drug-likeness (QED) is 0.547. The molecular formula is C24H21F3N2O4. The Morgan fingerprint density at radius 1 is 0.879 bits per heavy atom. The van der Waals surface area contributed by atoms with E-state index in [0.29, 0.717) is 34.1 Å². The highest BCUT2D eigenvalue weighted by atomic mass is 19.4. The molecule has 0 fully saturated rings. The van der Waals surface area contributed by atoms with E-state index in [1.54, 1.807) is 36.4 Å². The van der Waals surface area contributed by atoms with E-state index in [1.165, 1.54) is 38.4 Å². The summed E-state index contributed by atoms with van der Waals surface area (Å²) in [5.41, 5.74) is 0.594. The van der Waals surface area contributed by atoms with Gasteiger partial charge in [-0.2, -0.15) is 13.2 Å². The normalized spacial score (nSPS) is 15.5. The van der Waals surface area contributed by atoms with E-state index >= 15 is 0 Å². The molecule has 1 atom stereocenters. The summed E-state index contributed by atoms with van der Waals surface area (Å²) in [6, 6.07) is 14.8. The summed E-state index contributed by atoms with van der Waals surface area (Å²) >= 11 is 0. The molecule has 9 heteroatoms. The number of carbonyl (C=O) groups excluding carboxylic acids is 1. The van der Waals surface area contributed by atoms with Crippen molar-refractivity contribution in [2.75, 3.05) is 31.5 Å². The summed E-state index contributed by atoms with van der Waals surface area (Å²) in [6.45, 7) is 0. The fraction of sp³-hybridized carbons (Fsp3) is 0.208. The first-order valence-electron chi connectivity index (χ1n) is 9.95. The minimum Gasteiger partial charge on any atom is -0.493 e. The number of nitrogens with one attached hydrogen (secondary N) is 1. The third kappa shape index (κ3) is 3.90. The first-order chi connectivity index (χ1) is 15.8. The second-order valence-electron chi connectivity index (χ2n) is 7.24. The van der Waals surface area contributed by atoms with Crippen LogP contribution in [0.15, 0.2) is 60.7 Å². The Morgan fingerprint density at radius 2 is 1.61 bits per heavy atom. The van der Waals surface area contributed by atoms with Crippen LogP contribution in [-0.4, -0.2) is 27.2 Å². The van der Waals surface area contributed by atoms with Crippen LogP contribution in [-0.2, 0) is 6.18 Å². The highest BCUT2D eigenvalue weighted by Gasteiger charge is 2.38. The summed E-state index contributed by atoms with van der Waals surface area (Å²) in [5, 5.41) is 3.26. The van der Waals surface area contributed by atoms with Crippen LogP contribution in [0.25, 0.3) is 0 Å². The molecule has 0 aromatic heterocycles. The highest BCUT2D eigenvalue weighted by Crippen LogP contribution is 2.46. The lowest BCUT2D eigenvalue weighted by atomic mass is 10.0. The van der Waals surface area contributed by atoms with Gasteiger partial charge in [0.25, 0.3) is 5.91 Å². The molecule has 4 rings (SSSR count). The first kappa shape index (κ1) is 22.3. The number of benzene rings is 3. The van der Waals surface area contributed by atoms with Crippen LogP contribution >= 0.6 is 0 Å². The maximum atomic E-state index is 13.5. The second-order valence-corrected chi connectivity index (χ2v) is 7.24. The monoisotopic (exact) mass is 458 g/mol. The molecule has 1 amide bonds. The number of ether oxygens (including phenoxy) is 3. The average molecular weight is 458 g/mol. The predicted molar refractivity (Wildman–Crippen MR) is 117 cm³/mol. The summed E-state index contributed by atoms with van der Waals surface area (Å²) < 4.78 is 56.6. The Balaban J connectivity index is 1.94. The van der Waals surface area contributed by atoms with E-state index in [9.17, 15) is 18.0 Å². The van der Waals surface area contributed by atoms with Crippen molar-refractivity contribution in [3.63, 3.8) is 0 Å². The molecule has 1 aliphatic heterocycles. The molecule has 0 aliphatic carbocycles. The molecule has 1 aliphatic rings. The van der Waals surface area contributed by atoms with Gasteiger partial charge in [-0.15, -0.1) is 0 Å². The van der Waals surface area contributed by atoms with Crippen LogP contribution in [0.4, 0.5) is 24.5 Å². The molecule has 1 unspecified atom stereocenters. The Hall–Kier alpha value is -3.88. The first-order valence-corrected chi connectivity index (χ1v) is 9.95. The number of rotatable bonds is 5. The van der Waals surface area contributed by atoms with Crippen LogP contribution in [0.3, 0.4) is 0 Å². The zero-order valence-electron chi connectivity index (χ0n) is 18.1. The smallest absolute Gasteiger partial charge is 0.416 e. The fourth-order valence-corrected chi connectivity index (χ4v) is 3.91. The van der Waals surface area contributed by atoms with Crippen molar-refractivity contribution >= 4 is 17.3 Å². The van der Waals surface area contributed by atoms with Gasteiger partial charge in [-0.1, -0.05) is 18.2 Å². The van der Waals surface area contributed by atoms with Crippen LogP contribution in [0.2, 0.25) is 0 Å². The molecule has 6 nitrogen and oxygen atoms in total. The van der Waals surface area contributed by atoms with Crippen molar-refractivity contribution in [1.82, 2.24) is 0 Å². The minimum atomic E-state index is -4.56. The Labute approximate surface area is 188 Å². The Kier molecular flexibility index (Phi) is 5.80. The topological polar surface area (TPSA) is 60.0 Å². The molecule has 3 aromatic carbocycles. The largest absolute Gasteiger partial charge is 0.493 e. The van der Waals surface area contributed by atoms with Gasteiger partial charge in [0.05, 0.1) is 32.5 Å². The molecule has 0 bridgehead atoms. The van der Waals surface area contributed by atoms with Crippen LogP contribution in [0, 0.1) is 0 Å². The lowest BCUT2D eigenvalue weighted by Gasteiger charge is -2.39. The molecule has 172 valence electrons. The molecule has 0 radical (unpaired) electrons. The Morgan fingerprint density at radius 3 is 2.27 bits per heavy atom. The van der Waals surface area contributed by atoms with E-state index < -0.39 is 23.8 Å². The van der Waals surface area contributed by atoms with Crippen LogP contribution in [0.5, 0.6) is 17.2 Å². The third-order valence-electron chi connectivity index (χ3n) is 5.41. The average Bonchev–Trinajstić information content (AvgIpc) is 2.82. The van der Waals surface area contributed by atoms with Crippen molar-refractivity contribution in [3.05, 3.63) is 77.4 Å². The van der Waals surface area contributed by atoms with Crippen molar-refractivity contribution in [1.29, 1.82) is 0 Å². The number of fused-ring (bicyclic) bond motifs is 1. The van der Waals surface area contributed by atoms with E-state index in [0.717, 1.165) is 12.1 Å². The summed E-state index contributed by atoms with van der Waals surface area (Å²) in [4.78, 5) is 14.8. The van der Waals surface area contributed by atoms with Crippen LogP contribution in [0.1, 0.15) is 27.7 Å². The lowest BCUT2D eigenvalue weighted by molar-refractivity contribution is -0.137. The van der Waals surface area contributed by atoms with Gasteiger partial charge in [0.1, 0.15) is 6.17 Å². The lowest BCUT2D eigenvalue weighted by Crippen LogP contribution is -2.43. The molecule has 0 saturated carbocycles. The van der Waals surface area contributed by atoms with E-state index in [4.69, 9.17) is 14.2 Å². The van der Waals surface area contributed by atoms with E-state index in [2.05, 4.69) is 5.32 Å². The fourth-order valence-electron chi connectivity index (χ4n) is 3.91. The number of anilines is 2. The molecule has 33 heavy (non-hydrogen) atoms.